The third-order valence-electron chi connectivity index (χ3n) is 3.59. The van der Waals surface area contributed by atoms with E-state index in [1.54, 1.807) is 17.2 Å². The molecule has 2 aromatic heterocycles. The number of nitrogens with one attached hydrogen (secondary N) is 1. The Hall–Kier alpha value is -2.15. The summed E-state index contributed by atoms with van der Waals surface area (Å²) in [6, 6.07) is 3.61. The first kappa shape index (κ1) is 14.8. The molecule has 116 valence electrons. The van der Waals surface area contributed by atoms with Crippen LogP contribution in [0.3, 0.4) is 0 Å². The fraction of sp³-hybridized carbons (Fsp3) is 0.400. The molecule has 1 saturated heterocycles. The van der Waals surface area contributed by atoms with E-state index in [9.17, 15) is 9.59 Å². The van der Waals surface area contributed by atoms with Crippen molar-refractivity contribution >= 4 is 23.2 Å². The standard InChI is InChI=1S/C15H17N3O3S/c1-10-9-22-13(17-10)6-16-15(20)11-5-14(19)18(7-11)8-12-3-2-4-21-12/h2-4,9,11H,5-8H2,1H3,(H,16,20). The van der Waals surface area contributed by atoms with Gasteiger partial charge in [0.15, 0.2) is 0 Å². The highest BCUT2D eigenvalue weighted by molar-refractivity contribution is 7.09. The number of aromatic nitrogens is 1. The van der Waals surface area contributed by atoms with Gasteiger partial charge >= 0.3 is 0 Å². The summed E-state index contributed by atoms with van der Waals surface area (Å²) < 4.78 is 5.25. The molecule has 2 aromatic rings. The number of nitrogens with zero attached hydrogens (tertiary/aromatic N) is 2. The molecule has 22 heavy (non-hydrogen) atoms. The van der Waals surface area contributed by atoms with Crippen LogP contribution >= 0.6 is 11.3 Å². The average Bonchev–Trinajstić information content (AvgIpc) is 3.20. The highest BCUT2D eigenvalue weighted by atomic mass is 32.1. The fourth-order valence-corrected chi connectivity index (χ4v) is 3.19. The van der Waals surface area contributed by atoms with Crippen molar-refractivity contribution in [3.05, 3.63) is 40.2 Å². The number of furan rings is 1. The van der Waals surface area contributed by atoms with Crippen LogP contribution in [0.1, 0.15) is 22.9 Å². The van der Waals surface area contributed by atoms with Crippen LogP contribution in [0.5, 0.6) is 0 Å². The van der Waals surface area contributed by atoms with Crippen molar-refractivity contribution in [3.8, 4) is 0 Å². The van der Waals surface area contributed by atoms with E-state index >= 15 is 0 Å². The van der Waals surface area contributed by atoms with E-state index in [0.717, 1.165) is 16.5 Å². The molecule has 3 rings (SSSR count). The van der Waals surface area contributed by atoms with E-state index in [1.165, 1.54) is 11.3 Å². The lowest BCUT2D eigenvalue weighted by molar-refractivity contribution is -0.129. The molecule has 7 heteroatoms. The third kappa shape index (κ3) is 3.36. The van der Waals surface area contributed by atoms with Crippen LogP contribution in [0.15, 0.2) is 28.2 Å². The summed E-state index contributed by atoms with van der Waals surface area (Å²) >= 11 is 1.52. The fourth-order valence-electron chi connectivity index (χ4n) is 2.48. The predicted octanol–water partition coefficient (Wildman–Crippen LogP) is 1.71. The van der Waals surface area contributed by atoms with Gasteiger partial charge in [-0.25, -0.2) is 4.98 Å². The predicted molar refractivity (Wildman–Crippen MR) is 80.9 cm³/mol. The number of carbonyl (C=O) groups is 2. The molecule has 1 N–H and O–H groups in total. The molecule has 0 aromatic carbocycles. The Bertz CT molecular complexity index is 665. The Labute approximate surface area is 132 Å². The zero-order valence-electron chi connectivity index (χ0n) is 12.2. The maximum Gasteiger partial charge on any atom is 0.225 e. The molecule has 3 heterocycles. The zero-order valence-corrected chi connectivity index (χ0v) is 13.1. The SMILES string of the molecule is Cc1csc(CNC(=O)C2CC(=O)N(Cc3ccco3)C2)n1. The summed E-state index contributed by atoms with van der Waals surface area (Å²) in [4.78, 5) is 30.1. The van der Waals surface area contributed by atoms with Gasteiger partial charge in [-0.1, -0.05) is 0 Å². The van der Waals surface area contributed by atoms with Gasteiger partial charge in [0.05, 0.1) is 25.3 Å². The van der Waals surface area contributed by atoms with Crippen molar-refractivity contribution < 1.29 is 14.0 Å². The lowest BCUT2D eigenvalue weighted by Gasteiger charge is -2.14. The largest absolute Gasteiger partial charge is 0.467 e. The van der Waals surface area contributed by atoms with Gasteiger partial charge in [0.25, 0.3) is 0 Å². The molecule has 0 saturated carbocycles. The molecular formula is C15H17N3O3S. The average molecular weight is 319 g/mol. The normalized spacial score (nSPS) is 18.0. The first-order valence-electron chi connectivity index (χ1n) is 7.10. The molecule has 0 radical (unpaired) electrons. The van der Waals surface area contributed by atoms with E-state index in [4.69, 9.17) is 4.42 Å². The number of amides is 2. The van der Waals surface area contributed by atoms with Crippen molar-refractivity contribution in [2.24, 2.45) is 5.92 Å². The first-order valence-corrected chi connectivity index (χ1v) is 7.98. The van der Waals surface area contributed by atoms with Crippen molar-refractivity contribution in [2.75, 3.05) is 6.54 Å². The topological polar surface area (TPSA) is 75.4 Å². The lowest BCUT2D eigenvalue weighted by atomic mass is 10.1. The number of likely N-dealkylation sites (tertiary alicyclic amines) is 1. The van der Waals surface area contributed by atoms with Crippen molar-refractivity contribution in [1.82, 2.24) is 15.2 Å². The summed E-state index contributed by atoms with van der Waals surface area (Å²) in [6.45, 7) is 3.19. The Balaban J connectivity index is 1.52. The lowest BCUT2D eigenvalue weighted by Crippen LogP contribution is -2.32. The van der Waals surface area contributed by atoms with Crippen LogP contribution in [0.4, 0.5) is 0 Å². The van der Waals surface area contributed by atoms with Gasteiger partial charge in [-0.3, -0.25) is 9.59 Å². The molecule has 1 fully saturated rings. The second-order valence-electron chi connectivity index (χ2n) is 5.36. The molecule has 1 atom stereocenters. The summed E-state index contributed by atoms with van der Waals surface area (Å²) in [7, 11) is 0. The maximum absolute atomic E-state index is 12.2. The smallest absolute Gasteiger partial charge is 0.225 e. The van der Waals surface area contributed by atoms with E-state index in [-0.39, 0.29) is 24.2 Å². The molecule has 0 spiro atoms. The highest BCUT2D eigenvalue weighted by Gasteiger charge is 2.34. The molecule has 1 aliphatic rings. The third-order valence-corrected chi connectivity index (χ3v) is 4.56. The first-order chi connectivity index (χ1) is 10.6. The van der Waals surface area contributed by atoms with Crippen LogP contribution in [-0.4, -0.2) is 28.2 Å². The molecule has 0 aliphatic carbocycles. The number of hydrogen-bond donors (Lipinski definition) is 1. The van der Waals surface area contributed by atoms with Gasteiger partial charge in [-0.05, 0) is 19.1 Å². The van der Waals surface area contributed by atoms with Gasteiger partial charge in [0, 0.05) is 24.0 Å². The van der Waals surface area contributed by atoms with Gasteiger partial charge in [0.1, 0.15) is 10.8 Å². The summed E-state index contributed by atoms with van der Waals surface area (Å²) in [5.74, 6) is 0.320. The minimum Gasteiger partial charge on any atom is -0.467 e. The number of thiazole rings is 1. The van der Waals surface area contributed by atoms with Gasteiger partial charge in [-0.15, -0.1) is 11.3 Å². The Morgan fingerprint density at radius 2 is 2.45 bits per heavy atom. The molecule has 1 unspecified atom stereocenters. The minimum absolute atomic E-state index is 0.0124. The number of carbonyl (C=O) groups excluding carboxylic acids is 2. The van der Waals surface area contributed by atoms with E-state index in [0.29, 0.717) is 19.6 Å². The van der Waals surface area contributed by atoms with Gasteiger partial charge in [-0.2, -0.15) is 0 Å². The number of hydrogen-bond acceptors (Lipinski definition) is 5. The van der Waals surface area contributed by atoms with Gasteiger partial charge < -0.3 is 14.6 Å². The van der Waals surface area contributed by atoms with Crippen LogP contribution < -0.4 is 5.32 Å². The van der Waals surface area contributed by atoms with Gasteiger partial charge in [0.2, 0.25) is 11.8 Å². The minimum atomic E-state index is -0.302. The summed E-state index contributed by atoms with van der Waals surface area (Å²) in [5, 5.41) is 5.69. The Kier molecular flexibility index (Phi) is 4.24. The number of aryl methyl sites for hydroxylation is 1. The summed E-state index contributed by atoms with van der Waals surface area (Å²) in [6.07, 6.45) is 1.83. The highest BCUT2D eigenvalue weighted by Crippen LogP contribution is 2.20. The van der Waals surface area contributed by atoms with Crippen molar-refractivity contribution in [2.45, 2.75) is 26.4 Å². The molecular weight excluding hydrogens is 302 g/mol. The monoisotopic (exact) mass is 319 g/mol. The Morgan fingerprint density at radius 1 is 1.59 bits per heavy atom. The quantitative estimate of drug-likeness (QED) is 0.910. The second-order valence-corrected chi connectivity index (χ2v) is 6.30. The van der Waals surface area contributed by atoms with Crippen LogP contribution in [0.2, 0.25) is 0 Å². The van der Waals surface area contributed by atoms with Crippen molar-refractivity contribution in [1.29, 1.82) is 0 Å². The van der Waals surface area contributed by atoms with Crippen molar-refractivity contribution in [3.63, 3.8) is 0 Å². The molecule has 6 nitrogen and oxygen atoms in total. The van der Waals surface area contributed by atoms with E-state index in [2.05, 4.69) is 10.3 Å². The van der Waals surface area contributed by atoms with E-state index in [1.807, 2.05) is 18.4 Å². The van der Waals surface area contributed by atoms with Crippen LogP contribution in [0, 0.1) is 12.8 Å². The molecule has 1 aliphatic heterocycles. The molecule has 0 bridgehead atoms. The Morgan fingerprint density at radius 3 is 3.14 bits per heavy atom. The molecule has 2 amide bonds. The second kappa shape index (κ2) is 6.31. The van der Waals surface area contributed by atoms with E-state index < -0.39 is 0 Å². The maximum atomic E-state index is 12.2. The van der Waals surface area contributed by atoms with Crippen LogP contribution in [0.25, 0.3) is 0 Å². The summed E-state index contributed by atoms with van der Waals surface area (Å²) in [5.41, 5.74) is 0.954. The zero-order chi connectivity index (χ0) is 15.5. The number of rotatable bonds is 5. The van der Waals surface area contributed by atoms with Crippen LogP contribution in [-0.2, 0) is 22.7 Å².